The highest BCUT2D eigenvalue weighted by Crippen LogP contribution is 2.19. The van der Waals surface area contributed by atoms with Gasteiger partial charge >= 0.3 is 0 Å². The Morgan fingerprint density at radius 2 is 2.12 bits per heavy atom. The largest absolute Gasteiger partial charge is 0.356 e. The van der Waals surface area contributed by atoms with E-state index in [9.17, 15) is 0 Å². The second kappa shape index (κ2) is 8.96. The number of nitrogens with one attached hydrogen (secondary N) is 2. The third-order valence-electron chi connectivity index (χ3n) is 3.57. The number of hydrogen-bond donors (Lipinski definition) is 2. The number of halogens is 1. The first kappa shape index (κ1) is 17.9. The fraction of sp³-hybridized carbons (Fsp3) is 0.222. The normalized spacial score (nSPS) is 11.4. The maximum atomic E-state index is 5.99. The van der Waals surface area contributed by atoms with Crippen LogP contribution in [0, 0.1) is 0 Å². The first-order valence-electron chi connectivity index (χ1n) is 8.17. The van der Waals surface area contributed by atoms with Gasteiger partial charge in [0.25, 0.3) is 0 Å². The Labute approximate surface area is 156 Å². The summed E-state index contributed by atoms with van der Waals surface area (Å²) in [6, 6.07) is 13.1. The number of guanidine groups is 1. The highest BCUT2D eigenvalue weighted by Gasteiger charge is 2.09. The van der Waals surface area contributed by atoms with Gasteiger partial charge < -0.3 is 15.2 Å². The average Bonchev–Trinajstić information content (AvgIpc) is 3.14. The average molecular weight is 371 g/mol. The Hall–Kier alpha value is -2.93. The Kier molecular flexibility index (Phi) is 6.16. The van der Waals surface area contributed by atoms with Crippen molar-refractivity contribution in [3.63, 3.8) is 0 Å². The molecule has 0 amide bonds. The van der Waals surface area contributed by atoms with Crippen LogP contribution in [-0.4, -0.2) is 34.7 Å². The first-order valence-corrected chi connectivity index (χ1v) is 8.55. The number of aromatic nitrogens is 3. The Balaban J connectivity index is 1.48. The summed E-state index contributed by atoms with van der Waals surface area (Å²) in [5, 5.41) is 11.0. The zero-order valence-electron chi connectivity index (χ0n) is 14.3. The highest BCUT2D eigenvalue weighted by molar-refractivity contribution is 6.30. The standard InChI is InChI=1S/C18H19ClN6O/c1-20-18(23-12-15-7-2-3-9-21-15)22-10-8-16-24-17(25-26-16)13-5-4-6-14(19)11-13/h2-7,9,11H,8,10,12H2,1H3,(H2,20,22,23). The summed E-state index contributed by atoms with van der Waals surface area (Å²) < 4.78 is 5.29. The zero-order chi connectivity index (χ0) is 18.2. The second-order valence-corrected chi connectivity index (χ2v) is 5.88. The number of aliphatic imine (C=N–C) groups is 1. The third-order valence-corrected chi connectivity index (χ3v) is 3.80. The van der Waals surface area contributed by atoms with E-state index in [-0.39, 0.29) is 0 Å². The molecule has 0 bridgehead atoms. The molecule has 26 heavy (non-hydrogen) atoms. The molecule has 8 heteroatoms. The van der Waals surface area contributed by atoms with Gasteiger partial charge in [0.15, 0.2) is 5.96 Å². The van der Waals surface area contributed by atoms with Gasteiger partial charge in [0.05, 0.1) is 12.2 Å². The van der Waals surface area contributed by atoms with E-state index < -0.39 is 0 Å². The Morgan fingerprint density at radius 1 is 1.19 bits per heavy atom. The van der Waals surface area contributed by atoms with E-state index in [4.69, 9.17) is 16.1 Å². The van der Waals surface area contributed by atoms with Crippen LogP contribution >= 0.6 is 11.6 Å². The zero-order valence-corrected chi connectivity index (χ0v) is 15.1. The smallest absolute Gasteiger partial charge is 0.228 e. The molecular weight excluding hydrogens is 352 g/mol. The van der Waals surface area contributed by atoms with Crippen LogP contribution < -0.4 is 10.6 Å². The predicted molar refractivity (Wildman–Crippen MR) is 101 cm³/mol. The quantitative estimate of drug-likeness (QED) is 0.512. The molecule has 0 saturated heterocycles. The van der Waals surface area contributed by atoms with Crippen molar-refractivity contribution in [2.45, 2.75) is 13.0 Å². The minimum Gasteiger partial charge on any atom is -0.356 e. The molecule has 2 aromatic heterocycles. The second-order valence-electron chi connectivity index (χ2n) is 5.45. The molecule has 0 atom stereocenters. The van der Waals surface area contributed by atoms with Crippen LogP contribution in [0.1, 0.15) is 11.6 Å². The van der Waals surface area contributed by atoms with Gasteiger partial charge in [0.2, 0.25) is 11.7 Å². The molecule has 3 rings (SSSR count). The van der Waals surface area contributed by atoms with E-state index in [0.717, 1.165) is 11.3 Å². The van der Waals surface area contributed by atoms with Gasteiger partial charge in [0.1, 0.15) is 0 Å². The predicted octanol–water partition coefficient (Wildman–Crippen LogP) is 2.69. The van der Waals surface area contributed by atoms with Crippen molar-refractivity contribution in [1.82, 2.24) is 25.8 Å². The molecule has 0 aliphatic carbocycles. The molecule has 0 saturated carbocycles. The minimum absolute atomic E-state index is 0.528. The van der Waals surface area contributed by atoms with Crippen LogP contribution in [0.15, 0.2) is 58.2 Å². The summed E-state index contributed by atoms with van der Waals surface area (Å²) in [6.07, 6.45) is 2.35. The van der Waals surface area contributed by atoms with E-state index in [1.807, 2.05) is 30.3 Å². The van der Waals surface area contributed by atoms with Crippen molar-refractivity contribution in [2.75, 3.05) is 13.6 Å². The van der Waals surface area contributed by atoms with Crippen LogP contribution in [-0.2, 0) is 13.0 Å². The highest BCUT2D eigenvalue weighted by atomic mass is 35.5. The molecule has 7 nitrogen and oxygen atoms in total. The molecule has 1 aromatic carbocycles. The maximum Gasteiger partial charge on any atom is 0.228 e. The van der Waals surface area contributed by atoms with Crippen LogP contribution in [0.2, 0.25) is 5.02 Å². The van der Waals surface area contributed by atoms with Crippen LogP contribution in [0.4, 0.5) is 0 Å². The fourth-order valence-corrected chi connectivity index (χ4v) is 2.48. The fourth-order valence-electron chi connectivity index (χ4n) is 2.29. The van der Waals surface area contributed by atoms with Crippen molar-refractivity contribution < 1.29 is 4.52 Å². The molecule has 0 aliphatic heterocycles. The van der Waals surface area contributed by atoms with E-state index in [2.05, 4.69) is 30.8 Å². The lowest BCUT2D eigenvalue weighted by Gasteiger charge is -2.10. The summed E-state index contributed by atoms with van der Waals surface area (Å²) in [7, 11) is 1.72. The Morgan fingerprint density at radius 3 is 2.88 bits per heavy atom. The van der Waals surface area contributed by atoms with Gasteiger partial charge in [-0.2, -0.15) is 4.98 Å². The van der Waals surface area contributed by atoms with Gasteiger partial charge in [-0.1, -0.05) is 35.0 Å². The minimum atomic E-state index is 0.528. The number of rotatable bonds is 6. The molecule has 0 aliphatic rings. The van der Waals surface area contributed by atoms with Crippen molar-refractivity contribution in [2.24, 2.45) is 4.99 Å². The molecule has 0 radical (unpaired) electrons. The molecule has 0 fully saturated rings. The van der Waals surface area contributed by atoms with Gasteiger partial charge in [-0.25, -0.2) is 0 Å². The summed E-state index contributed by atoms with van der Waals surface area (Å²) in [4.78, 5) is 12.8. The number of benzene rings is 1. The monoisotopic (exact) mass is 370 g/mol. The van der Waals surface area contributed by atoms with E-state index in [1.54, 1.807) is 25.4 Å². The lowest BCUT2D eigenvalue weighted by molar-refractivity contribution is 0.378. The number of hydrogen-bond acceptors (Lipinski definition) is 5. The van der Waals surface area contributed by atoms with Crippen LogP contribution in [0.5, 0.6) is 0 Å². The summed E-state index contributed by atoms with van der Waals surface area (Å²) in [6.45, 7) is 1.21. The molecule has 3 aromatic rings. The van der Waals surface area contributed by atoms with E-state index >= 15 is 0 Å². The third kappa shape index (κ3) is 5.03. The Bertz CT molecular complexity index is 865. The first-order chi connectivity index (χ1) is 12.7. The number of nitrogens with zero attached hydrogens (tertiary/aromatic N) is 4. The van der Waals surface area contributed by atoms with Crippen molar-refractivity contribution in [1.29, 1.82) is 0 Å². The van der Waals surface area contributed by atoms with Gasteiger partial charge in [0, 0.05) is 36.8 Å². The molecule has 2 N–H and O–H groups in total. The lowest BCUT2D eigenvalue weighted by atomic mass is 10.2. The van der Waals surface area contributed by atoms with E-state index in [1.165, 1.54) is 0 Å². The summed E-state index contributed by atoms with van der Waals surface area (Å²) >= 11 is 5.99. The number of pyridine rings is 1. The maximum absolute atomic E-state index is 5.99. The lowest BCUT2D eigenvalue weighted by Crippen LogP contribution is -2.38. The van der Waals surface area contributed by atoms with Gasteiger partial charge in [-0.3, -0.25) is 9.98 Å². The van der Waals surface area contributed by atoms with Crippen molar-refractivity contribution in [3.8, 4) is 11.4 Å². The van der Waals surface area contributed by atoms with Gasteiger partial charge in [-0.05, 0) is 24.3 Å². The van der Waals surface area contributed by atoms with Crippen LogP contribution in [0.3, 0.4) is 0 Å². The molecule has 0 spiro atoms. The summed E-state index contributed by atoms with van der Waals surface area (Å²) in [5.41, 5.74) is 1.77. The molecular formula is C18H19ClN6O. The molecule has 0 unspecified atom stereocenters. The van der Waals surface area contributed by atoms with Crippen molar-refractivity contribution >= 4 is 17.6 Å². The molecule has 2 heterocycles. The topological polar surface area (TPSA) is 88.2 Å². The molecule has 134 valence electrons. The van der Waals surface area contributed by atoms with Crippen LogP contribution in [0.25, 0.3) is 11.4 Å². The van der Waals surface area contributed by atoms with E-state index in [0.29, 0.717) is 42.2 Å². The SMILES string of the molecule is CN=C(NCCc1nc(-c2cccc(Cl)c2)no1)NCc1ccccn1. The van der Waals surface area contributed by atoms with Crippen molar-refractivity contribution in [3.05, 3.63) is 65.3 Å². The van der Waals surface area contributed by atoms with Gasteiger partial charge in [-0.15, -0.1) is 0 Å². The summed E-state index contributed by atoms with van der Waals surface area (Å²) in [5.74, 6) is 1.76.